The molecule has 2 aromatic rings. The number of halogens is 6. The predicted molar refractivity (Wildman–Crippen MR) is 120 cm³/mol. The minimum atomic E-state index is -5.08. The second-order valence-electron chi connectivity index (χ2n) is 8.19. The number of carbonyl (C=O) groups excluding carboxylic acids is 1. The number of amides is 1. The van der Waals surface area contributed by atoms with Gasteiger partial charge in [-0.25, -0.2) is 14.6 Å². The van der Waals surface area contributed by atoms with E-state index in [2.05, 4.69) is 19.9 Å². The zero-order chi connectivity index (χ0) is 29.3. The normalized spacial score (nSPS) is 19.2. The molecule has 4 rings (SSSR count). The highest BCUT2D eigenvalue weighted by Crippen LogP contribution is 2.31. The number of aliphatic carboxylic acids is 2. The van der Waals surface area contributed by atoms with Crippen molar-refractivity contribution in [1.82, 2.24) is 19.9 Å². The van der Waals surface area contributed by atoms with Gasteiger partial charge in [0.05, 0.1) is 31.5 Å². The number of rotatable bonds is 2. The van der Waals surface area contributed by atoms with Crippen LogP contribution in [0.15, 0.2) is 43.1 Å². The van der Waals surface area contributed by atoms with Gasteiger partial charge >= 0.3 is 24.3 Å². The monoisotopic (exact) mass is 567 g/mol. The summed E-state index contributed by atoms with van der Waals surface area (Å²) in [4.78, 5) is 47.3. The molecule has 2 aromatic heterocycles. The maximum absolute atomic E-state index is 12.8. The first-order valence-electron chi connectivity index (χ1n) is 11.1. The van der Waals surface area contributed by atoms with Gasteiger partial charge in [-0.2, -0.15) is 26.3 Å². The Bertz CT molecular complexity index is 1080. The van der Waals surface area contributed by atoms with E-state index in [-0.39, 0.29) is 11.5 Å². The molecule has 214 valence electrons. The van der Waals surface area contributed by atoms with Gasteiger partial charge in [0.25, 0.3) is 5.91 Å². The average molecular weight is 567 g/mol. The molecule has 39 heavy (non-hydrogen) atoms. The summed E-state index contributed by atoms with van der Waals surface area (Å²) < 4.78 is 69.6. The SMILES string of the molecule is O=C(O)C(F)(F)F.O=C(O)C(F)(F)F.O=C(c1cccnc1)N1CCOC2(CCCN(c3cnccn3)C2)C1. The molecule has 2 aliphatic rings. The highest BCUT2D eigenvalue weighted by Gasteiger charge is 2.42. The van der Waals surface area contributed by atoms with Crippen molar-refractivity contribution >= 4 is 23.7 Å². The van der Waals surface area contributed by atoms with Crippen molar-refractivity contribution in [1.29, 1.82) is 0 Å². The quantitative estimate of drug-likeness (QED) is 0.520. The number of aromatic nitrogens is 3. The van der Waals surface area contributed by atoms with E-state index in [1.54, 1.807) is 37.1 Å². The third kappa shape index (κ3) is 9.66. The lowest BCUT2D eigenvalue weighted by molar-refractivity contribution is -0.193. The molecule has 0 saturated carbocycles. The molecule has 1 atom stereocenters. The van der Waals surface area contributed by atoms with Crippen molar-refractivity contribution in [3.05, 3.63) is 48.7 Å². The summed E-state index contributed by atoms with van der Waals surface area (Å²) in [6, 6.07) is 3.60. The lowest BCUT2D eigenvalue weighted by atomic mass is 9.90. The highest BCUT2D eigenvalue weighted by molar-refractivity contribution is 5.94. The van der Waals surface area contributed by atoms with Crippen LogP contribution in [0.1, 0.15) is 23.2 Å². The summed E-state index contributed by atoms with van der Waals surface area (Å²) in [7, 11) is 0. The van der Waals surface area contributed by atoms with Gasteiger partial charge in [-0.05, 0) is 25.0 Å². The zero-order valence-electron chi connectivity index (χ0n) is 20.0. The van der Waals surface area contributed by atoms with Gasteiger partial charge in [0.1, 0.15) is 11.4 Å². The van der Waals surface area contributed by atoms with Crippen LogP contribution in [0.5, 0.6) is 0 Å². The maximum Gasteiger partial charge on any atom is 0.490 e. The number of hydrogen-bond acceptors (Lipinski definition) is 8. The lowest BCUT2D eigenvalue weighted by Crippen LogP contribution is -2.61. The molecule has 2 aliphatic heterocycles. The number of hydrogen-bond donors (Lipinski definition) is 2. The number of pyridine rings is 1. The van der Waals surface area contributed by atoms with Crippen molar-refractivity contribution in [2.75, 3.05) is 37.7 Å². The van der Waals surface area contributed by atoms with Gasteiger partial charge in [0.2, 0.25) is 0 Å². The van der Waals surface area contributed by atoms with E-state index in [0.717, 1.165) is 31.7 Å². The van der Waals surface area contributed by atoms with Gasteiger partial charge in [0.15, 0.2) is 0 Å². The summed E-state index contributed by atoms with van der Waals surface area (Å²) in [5, 5.41) is 14.2. The number of carboxylic acids is 2. The Kier molecular flexibility index (Phi) is 10.5. The maximum atomic E-state index is 12.8. The summed E-state index contributed by atoms with van der Waals surface area (Å²) in [5.41, 5.74) is 0.285. The lowest BCUT2D eigenvalue weighted by Gasteiger charge is -2.48. The smallest absolute Gasteiger partial charge is 0.475 e. The Morgan fingerprint density at radius 3 is 2.03 bits per heavy atom. The fourth-order valence-corrected chi connectivity index (χ4v) is 3.69. The minimum absolute atomic E-state index is 0.0207. The Hall–Kier alpha value is -4.02. The molecule has 2 N–H and O–H groups in total. The van der Waals surface area contributed by atoms with Crippen molar-refractivity contribution in [3.8, 4) is 0 Å². The molecule has 1 unspecified atom stereocenters. The van der Waals surface area contributed by atoms with E-state index in [1.807, 2.05) is 11.0 Å². The van der Waals surface area contributed by atoms with Crippen LogP contribution in [0.25, 0.3) is 0 Å². The van der Waals surface area contributed by atoms with Crippen LogP contribution >= 0.6 is 0 Å². The molecular formula is C22H23F6N5O6. The number of carbonyl (C=O) groups is 3. The number of morpholine rings is 1. The topological polar surface area (TPSA) is 146 Å². The largest absolute Gasteiger partial charge is 0.490 e. The first-order chi connectivity index (χ1) is 18.1. The first-order valence-corrected chi connectivity index (χ1v) is 11.1. The Balaban J connectivity index is 0.000000317. The Morgan fingerprint density at radius 2 is 1.51 bits per heavy atom. The molecule has 1 amide bonds. The van der Waals surface area contributed by atoms with E-state index < -0.39 is 24.3 Å². The van der Waals surface area contributed by atoms with Crippen LogP contribution in [-0.2, 0) is 14.3 Å². The predicted octanol–water partition coefficient (Wildman–Crippen LogP) is 2.65. The molecule has 2 saturated heterocycles. The standard InChI is InChI=1S/C18H21N5O2.2C2HF3O2/c24-17(15-3-1-5-19-11-15)23-9-10-25-18(14-23)4-2-8-22(13-18)16-12-20-6-7-21-16;2*3-2(4,5)1(6)7/h1,3,5-7,11-12H,2,4,8-10,13-14H2;2*(H,6,7). The number of nitrogens with zero attached hydrogens (tertiary/aromatic N) is 5. The van der Waals surface area contributed by atoms with E-state index in [0.29, 0.717) is 25.3 Å². The Morgan fingerprint density at radius 1 is 0.897 bits per heavy atom. The minimum Gasteiger partial charge on any atom is -0.475 e. The van der Waals surface area contributed by atoms with Crippen LogP contribution < -0.4 is 4.90 Å². The van der Waals surface area contributed by atoms with Crippen LogP contribution in [0.2, 0.25) is 0 Å². The van der Waals surface area contributed by atoms with E-state index in [4.69, 9.17) is 24.5 Å². The third-order valence-corrected chi connectivity index (χ3v) is 5.34. The second kappa shape index (κ2) is 13.2. The summed E-state index contributed by atoms with van der Waals surface area (Å²) in [6.07, 6.45) is 0.242. The van der Waals surface area contributed by atoms with Crippen molar-refractivity contribution < 1.29 is 55.7 Å². The number of carboxylic acid groups (broad SMARTS) is 2. The molecule has 0 aromatic carbocycles. The molecule has 17 heteroatoms. The Labute approximate surface area is 217 Å². The highest BCUT2D eigenvalue weighted by atomic mass is 19.4. The molecule has 0 aliphatic carbocycles. The van der Waals surface area contributed by atoms with Gasteiger partial charge in [0, 0.05) is 37.9 Å². The summed E-state index contributed by atoms with van der Waals surface area (Å²) >= 11 is 0. The van der Waals surface area contributed by atoms with Gasteiger partial charge in [-0.3, -0.25) is 14.8 Å². The fraction of sp³-hybridized carbons (Fsp3) is 0.455. The molecule has 1 spiro atoms. The van der Waals surface area contributed by atoms with Gasteiger partial charge < -0.3 is 24.7 Å². The number of piperidine rings is 1. The van der Waals surface area contributed by atoms with Crippen LogP contribution in [-0.4, -0.2) is 98.7 Å². The van der Waals surface area contributed by atoms with Crippen LogP contribution in [0.3, 0.4) is 0 Å². The van der Waals surface area contributed by atoms with Crippen molar-refractivity contribution in [2.24, 2.45) is 0 Å². The zero-order valence-corrected chi connectivity index (χ0v) is 20.0. The van der Waals surface area contributed by atoms with E-state index in [1.165, 1.54) is 0 Å². The van der Waals surface area contributed by atoms with Gasteiger partial charge in [-0.15, -0.1) is 0 Å². The molecular weight excluding hydrogens is 544 g/mol. The first kappa shape index (κ1) is 31.2. The average Bonchev–Trinajstić information content (AvgIpc) is 2.89. The summed E-state index contributed by atoms with van der Waals surface area (Å²) in [5.74, 6) is -4.63. The van der Waals surface area contributed by atoms with Crippen molar-refractivity contribution in [2.45, 2.75) is 30.8 Å². The number of ether oxygens (including phenoxy) is 1. The molecule has 2 fully saturated rings. The van der Waals surface area contributed by atoms with E-state index >= 15 is 0 Å². The number of alkyl halides is 6. The molecule has 0 bridgehead atoms. The van der Waals surface area contributed by atoms with Gasteiger partial charge in [-0.1, -0.05) is 0 Å². The van der Waals surface area contributed by atoms with Crippen LogP contribution in [0, 0.1) is 0 Å². The molecule has 4 heterocycles. The second-order valence-corrected chi connectivity index (χ2v) is 8.19. The molecule has 0 radical (unpaired) electrons. The third-order valence-electron chi connectivity index (χ3n) is 5.34. The molecule has 11 nitrogen and oxygen atoms in total. The van der Waals surface area contributed by atoms with Crippen LogP contribution in [0.4, 0.5) is 32.2 Å². The van der Waals surface area contributed by atoms with E-state index in [9.17, 15) is 31.1 Å². The number of anilines is 1. The van der Waals surface area contributed by atoms with Crippen molar-refractivity contribution in [3.63, 3.8) is 0 Å². The summed E-state index contributed by atoms with van der Waals surface area (Å²) in [6.45, 7) is 3.42. The fourth-order valence-electron chi connectivity index (χ4n) is 3.69.